The molecule has 0 aliphatic carbocycles. The lowest BCUT2D eigenvalue weighted by Crippen LogP contribution is -2.75. The Balaban J connectivity index is 6.93. The zero-order chi connectivity index (χ0) is 25.2. The van der Waals surface area contributed by atoms with Crippen LogP contribution in [0.15, 0.2) is 0 Å². The van der Waals surface area contributed by atoms with Gasteiger partial charge in [0.2, 0.25) is 0 Å². The summed E-state index contributed by atoms with van der Waals surface area (Å²) in [6, 6.07) is 0. The van der Waals surface area contributed by atoms with Gasteiger partial charge in [-0.05, 0) is 0 Å². The molecule has 0 aliphatic rings. The summed E-state index contributed by atoms with van der Waals surface area (Å²) in [4.78, 5) is 0. The van der Waals surface area contributed by atoms with Crippen LogP contribution in [0.25, 0.3) is 0 Å². The predicted octanol–water partition coefficient (Wildman–Crippen LogP) is 5.22. The van der Waals surface area contributed by atoms with E-state index in [1.807, 2.05) is 0 Å². The van der Waals surface area contributed by atoms with Gasteiger partial charge in [0.05, 0.1) is 0 Å². The van der Waals surface area contributed by atoms with Crippen molar-refractivity contribution in [3.8, 4) is 0 Å². The monoisotopic (exact) mass is 625 g/mol. The van der Waals surface area contributed by atoms with E-state index in [2.05, 4.69) is 0 Å². The minimum atomic E-state index is -8.81. The number of hydrogen-bond donors (Lipinski definition) is 1. The molecule has 0 aromatic carbocycles. The second-order valence-corrected chi connectivity index (χ2v) is 8.04. The summed E-state index contributed by atoms with van der Waals surface area (Å²) in [7, 11) is -7.15. The summed E-state index contributed by atoms with van der Waals surface area (Å²) in [5, 5.41) is -7.51. The molecule has 3 nitrogen and oxygen atoms in total. The fourth-order valence-corrected chi connectivity index (χ4v) is 2.76. The first-order valence-corrected chi connectivity index (χ1v) is 8.46. The van der Waals surface area contributed by atoms with E-state index in [-0.39, 0.29) is 25.8 Å². The summed E-state index contributed by atoms with van der Waals surface area (Å²) in [6.45, 7) is 0. The third-order valence-corrected chi connectivity index (χ3v) is 6.01. The molecular weight excluding hydrogens is 624 g/mol. The first-order valence-electron chi connectivity index (χ1n) is 5.89. The fourth-order valence-electron chi connectivity index (χ4n) is 1.37. The molecule has 0 rings (SSSR count). The van der Waals surface area contributed by atoms with Crippen LogP contribution in [0.5, 0.6) is 0 Å². The minimum Gasteiger partial charge on any atom is -0.205 e. The molecule has 0 heterocycles. The van der Waals surface area contributed by atoms with Crippen LogP contribution in [0.4, 0.5) is 74.6 Å². The second kappa shape index (κ2) is 7.23. The van der Waals surface area contributed by atoms with Crippen LogP contribution in [0, 0.1) is 0 Å². The van der Waals surface area contributed by atoms with Gasteiger partial charge in [-0.2, -0.15) is 77.6 Å². The summed E-state index contributed by atoms with van der Waals surface area (Å²) < 4.78 is 239. The molecule has 0 aromatic heterocycles. The molecule has 0 bridgehead atoms. The van der Waals surface area contributed by atoms with Gasteiger partial charge < -0.3 is 0 Å². The SMILES string of the molecule is O=S(=O)(NI)C(F)(F)C(F)(F)C(F)(F)C(F)(F)C(F)(F)C(F)(F)C(F)(F)C(F)(F)F. The van der Waals surface area contributed by atoms with Gasteiger partial charge in [-0.25, -0.2) is 8.42 Å². The molecule has 0 amide bonds. The Labute approximate surface area is 166 Å². The lowest BCUT2D eigenvalue weighted by Gasteiger charge is -2.42. The van der Waals surface area contributed by atoms with Crippen molar-refractivity contribution >= 4 is 32.9 Å². The number of alkyl halides is 17. The van der Waals surface area contributed by atoms with Crippen molar-refractivity contribution in [3.05, 3.63) is 0 Å². The van der Waals surface area contributed by atoms with Gasteiger partial charge in [-0.1, -0.05) is 0 Å². The lowest BCUT2D eigenvalue weighted by molar-refractivity contribution is -0.458. The van der Waals surface area contributed by atoms with Gasteiger partial charge in [0, 0.05) is 22.9 Å². The molecule has 1 N–H and O–H groups in total. The highest BCUT2D eigenvalue weighted by Gasteiger charge is 2.96. The maximum atomic E-state index is 13.2. The average molecular weight is 625 g/mol. The van der Waals surface area contributed by atoms with Gasteiger partial charge in [-0.15, -0.1) is 0 Å². The van der Waals surface area contributed by atoms with Gasteiger partial charge in [-0.3, -0.25) is 0 Å². The zero-order valence-electron chi connectivity index (χ0n) is 12.5. The highest BCUT2D eigenvalue weighted by molar-refractivity contribution is 14.1. The number of hydrogen-bond acceptors (Lipinski definition) is 2. The molecule has 0 saturated heterocycles. The number of halogens is 18. The smallest absolute Gasteiger partial charge is 0.205 e. The van der Waals surface area contributed by atoms with E-state index >= 15 is 0 Å². The van der Waals surface area contributed by atoms with E-state index in [1.165, 1.54) is 0 Å². The molecule has 182 valence electrons. The summed E-state index contributed by atoms with van der Waals surface area (Å²) in [6.07, 6.45) is -7.85. The van der Waals surface area contributed by atoms with Crippen LogP contribution in [-0.4, -0.2) is 55.4 Å². The van der Waals surface area contributed by atoms with Crippen LogP contribution in [0.2, 0.25) is 0 Å². The maximum absolute atomic E-state index is 13.2. The Hall–Kier alpha value is -0.550. The number of nitrogens with one attached hydrogen (secondary N) is 1. The summed E-state index contributed by atoms with van der Waals surface area (Å²) in [5.41, 5.74) is 0. The Bertz CT molecular complexity index is 756. The van der Waals surface area contributed by atoms with E-state index in [1.54, 1.807) is 0 Å². The van der Waals surface area contributed by atoms with Crippen molar-refractivity contribution in [1.82, 2.24) is 2.94 Å². The molecular formula is C8HF17INO2S. The molecule has 30 heavy (non-hydrogen) atoms. The Morgan fingerprint density at radius 1 is 0.467 bits per heavy atom. The molecule has 0 spiro atoms. The molecule has 0 aliphatic heterocycles. The molecule has 0 fully saturated rings. The van der Waals surface area contributed by atoms with Crippen molar-refractivity contribution in [3.63, 3.8) is 0 Å². The normalized spacial score (nSPS) is 16.7. The van der Waals surface area contributed by atoms with E-state index in [9.17, 15) is 83.1 Å². The van der Waals surface area contributed by atoms with Gasteiger partial charge in [0.25, 0.3) is 10.0 Å². The van der Waals surface area contributed by atoms with Crippen LogP contribution in [0.3, 0.4) is 0 Å². The summed E-state index contributed by atoms with van der Waals surface area (Å²) in [5.74, 6) is -51.4. The van der Waals surface area contributed by atoms with Crippen molar-refractivity contribution in [2.24, 2.45) is 0 Å². The molecule has 0 atom stereocenters. The van der Waals surface area contributed by atoms with E-state index in [0.29, 0.717) is 0 Å². The van der Waals surface area contributed by atoms with Crippen molar-refractivity contribution in [1.29, 1.82) is 0 Å². The first-order chi connectivity index (χ1) is 12.6. The second-order valence-electron chi connectivity index (χ2n) is 5.04. The lowest BCUT2D eigenvalue weighted by atomic mass is 9.91. The van der Waals surface area contributed by atoms with Gasteiger partial charge in [0.15, 0.2) is 0 Å². The predicted molar refractivity (Wildman–Crippen MR) is 66.8 cm³/mol. The van der Waals surface area contributed by atoms with Crippen LogP contribution < -0.4 is 2.94 Å². The van der Waals surface area contributed by atoms with Crippen molar-refractivity contribution in [2.45, 2.75) is 47.0 Å². The molecule has 0 saturated carbocycles. The third-order valence-electron chi connectivity index (χ3n) is 3.13. The van der Waals surface area contributed by atoms with Crippen molar-refractivity contribution < 1.29 is 83.1 Å². The molecule has 22 heteroatoms. The highest BCUT2D eigenvalue weighted by Crippen LogP contribution is 2.64. The number of rotatable bonds is 8. The van der Waals surface area contributed by atoms with E-state index < -0.39 is 57.0 Å². The highest BCUT2D eigenvalue weighted by atomic mass is 127. The van der Waals surface area contributed by atoms with Crippen LogP contribution >= 0.6 is 22.9 Å². The average Bonchev–Trinajstić information content (AvgIpc) is 2.52. The third kappa shape index (κ3) is 3.46. The minimum absolute atomic E-state index is 0.0167. The van der Waals surface area contributed by atoms with Crippen molar-refractivity contribution in [2.75, 3.05) is 0 Å². The first kappa shape index (κ1) is 29.5. The zero-order valence-corrected chi connectivity index (χ0v) is 15.5. The van der Waals surface area contributed by atoms with Gasteiger partial charge >= 0.3 is 47.0 Å². The maximum Gasteiger partial charge on any atom is 0.460 e. The van der Waals surface area contributed by atoms with Crippen LogP contribution in [-0.2, 0) is 10.0 Å². The molecule has 0 unspecified atom stereocenters. The Kier molecular flexibility index (Phi) is 7.10. The summed E-state index contributed by atoms with van der Waals surface area (Å²) >= 11 is 0.0167. The van der Waals surface area contributed by atoms with E-state index in [4.69, 9.17) is 0 Å². The Morgan fingerprint density at radius 2 is 0.700 bits per heavy atom. The van der Waals surface area contributed by atoms with Gasteiger partial charge in [0.1, 0.15) is 0 Å². The molecule has 0 radical (unpaired) electrons. The Morgan fingerprint density at radius 3 is 0.933 bits per heavy atom. The number of sulfonamides is 1. The van der Waals surface area contributed by atoms with Crippen LogP contribution in [0.1, 0.15) is 0 Å². The van der Waals surface area contributed by atoms with E-state index in [0.717, 1.165) is 0 Å². The molecule has 0 aromatic rings. The quantitative estimate of drug-likeness (QED) is 0.229. The fraction of sp³-hybridized carbons (Fsp3) is 1.00. The largest absolute Gasteiger partial charge is 0.460 e. The topological polar surface area (TPSA) is 46.2 Å². The standard InChI is InChI=1S/C8HF17INO2S/c9-1(10,3(13,14)5(17,18)7(21,22)23)2(11,12)4(15,16)6(19,20)8(24,25)30(28,29)27-26/h27H.